The van der Waals surface area contributed by atoms with Gasteiger partial charge in [-0.3, -0.25) is 4.68 Å². The minimum Gasteiger partial charge on any atom is -0.394 e. The summed E-state index contributed by atoms with van der Waals surface area (Å²) in [5.41, 5.74) is 6.67. The van der Waals surface area contributed by atoms with Crippen LogP contribution >= 0.6 is 21.6 Å². The number of hydrogen-bond acceptors (Lipinski definition) is 5. The van der Waals surface area contributed by atoms with Crippen molar-refractivity contribution >= 4 is 33.1 Å². The zero-order chi connectivity index (χ0) is 9.97. The number of rotatable bonds is 1. The molecular formula is C8H14N4S2. The lowest BCUT2D eigenvalue weighted by Gasteiger charge is -2.19. The largest absolute Gasteiger partial charge is 0.394 e. The fourth-order valence-electron chi connectivity index (χ4n) is 1.48. The molecule has 14 heavy (non-hydrogen) atoms. The van der Waals surface area contributed by atoms with Crippen molar-refractivity contribution in [3.05, 3.63) is 6.20 Å². The van der Waals surface area contributed by atoms with E-state index >= 15 is 0 Å². The summed E-state index contributed by atoms with van der Waals surface area (Å²) in [5, 5.41) is 4.37. The van der Waals surface area contributed by atoms with Crippen molar-refractivity contribution < 1.29 is 0 Å². The average molecular weight is 230 g/mol. The SMILES string of the molecule is Cn1cc(N)c(N2CCSSCC2)n1. The third-order valence-corrected chi connectivity index (χ3v) is 4.47. The smallest absolute Gasteiger partial charge is 0.173 e. The zero-order valence-corrected chi connectivity index (χ0v) is 9.77. The first-order valence-electron chi connectivity index (χ1n) is 4.56. The van der Waals surface area contributed by atoms with Crippen LogP contribution in [0.4, 0.5) is 11.5 Å². The minimum absolute atomic E-state index is 0.782. The molecule has 0 unspecified atom stereocenters. The predicted octanol–water partition coefficient (Wildman–Crippen LogP) is 1.20. The van der Waals surface area contributed by atoms with Crippen LogP contribution in [0.25, 0.3) is 0 Å². The van der Waals surface area contributed by atoms with Crippen LogP contribution in [0.2, 0.25) is 0 Å². The molecule has 1 aromatic rings. The van der Waals surface area contributed by atoms with Crippen LogP contribution in [0, 0.1) is 0 Å². The topological polar surface area (TPSA) is 47.1 Å². The molecule has 2 heterocycles. The molecule has 0 aliphatic carbocycles. The Hall–Kier alpha value is -0.490. The number of nitrogens with zero attached hydrogens (tertiary/aromatic N) is 3. The monoisotopic (exact) mass is 230 g/mol. The maximum absolute atomic E-state index is 5.88. The molecule has 78 valence electrons. The van der Waals surface area contributed by atoms with Gasteiger partial charge in [0.25, 0.3) is 0 Å². The molecule has 0 aromatic carbocycles. The van der Waals surface area contributed by atoms with Gasteiger partial charge in [-0.25, -0.2) is 0 Å². The maximum Gasteiger partial charge on any atom is 0.173 e. The zero-order valence-electron chi connectivity index (χ0n) is 8.14. The second-order valence-electron chi connectivity index (χ2n) is 3.21. The lowest BCUT2D eigenvalue weighted by atomic mass is 10.4. The van der Waals surface area contributed by atoms with E-state index in [2.05, 4.69) is 10.00 Å². The Labute approximate surface area is 91.6 Å². The van der Waals surface area contributed by atoms with Crippen molar-refractivity contribution in [2.75, 3.05) is 35.2 Å². The number of hydrogen-bond donors (Lipinski definition) is 1. The highest BCUT2D eigenvalue weighted by atomic mass is 33.1. The Bertz CT molecular complexity index is 304. The second-order valence-corrected chi connectivity index (χ2v) is 5.91. The lowest BCUT2D eigenvalue weighted by molar-refractivity contribution is 0.747. The van der Waals surface area contributed by atoms with Crippen molar-refractivity contribution in [2.24, 2.45) is 7.05 Å². The molecule has 1 aliphatic heterocycles. The molecule has 2 rings (SSSR count). The van der Waals surface area contributed by atoms with Gasteiger partial charge in [-0.2, -0.15) is 5.10 Å². The highest BCUT2D eigenvalue weighted by Gasteiger charge is 2.15. The highest BCUT2D eigenvalue weighted by molar-refractivity contribution is 8.76. The van der Waals surface area contributed by atoms with Gasteiger partial charge in [0.15, 0.2) is 5.82 Å². The van der Waals surface area contributed by atoms with Crippen LogP contribution in [0.1, 0.15) is 0 Å². The molecule has 1 fully saturated rings. The van der Waals surface area contributed by atoms with E-state index in [1.54, 1.807) is 4.68 Å². The van der Waals surface area contributed by atoms with E-state index in [1.165, 1.54) is 0 Å². The van der Waals surface area contributed by atoms with Crippen molar-refractivity contribution in [2.45, 2.75) is 0 Å². The van der Waals surface area contributed by atoms with Gasteiger partial charge in [-0.1, -0.05) is 21.6 Å². The fraction of sp³-hybridized carbons (Fsp3) is 0.625. The third kappa shape index (κ3) is 2.12. The van der Waals surface area contributed by atoms with Crippen LogP contribution in [0.3, 0.4) is 0 Å². The van der Waals surface area contributed by atoms with Crippen LogP contribution in [-0.2, 0) is 7.05 Å². The highest BCUT2D eigenvalue weighted by Crippen LogP contribution is 2.28. The first kappa shape index (κ1) is 10.0. The van der Waals surface area contributed by atoms with Crippen molar-refractivity contribution in [3.8, 4) is 0 Å². The molecule has 6 heteroatoms. The van der Waals surface area contributed by atoms with E-state index in [0.717, 1.165) is 36.1 Å². The van der Waals surface area contributed by atoms with Crippen molar-refractivity contribution in [1.29, 1.82) is 0 Å². The summed E-state index contributed by atoms with van der Waals surface area (Å²) in [7, 11) is 5.76. The summed E-state index contributed by atoms with van der Waals surface area (Å²) in [6.45, 7) is 2.08. The van der Waals surface area contributed by atoms with Gasteiger partial charge < -0.3 is 10.6 Å². The van der Waals surface area contributed by atoms with Gasteiger partial charge in [0, 0.05) is 37.8 Å². The van der Waals surface area contributed by atoms with Gasteiger partial charge in [-0.15, -0.1) is 0 Å². The van der Waals surface area contributed by atoms with Gasteiger partial charge in [0.1, 0.15) is 0 Å². The van der Waals surface area contributed by atoms with E-state index in [-0.39, 0.29) is 0 Å². The van der Waals surface area contributed by atoms with Crippen molar-refractivity contribution in [1.82, 2.24) is 9.78 Å². The quantitative estimate of drug-likeness (QED) is 0.735. The standard InChI is InChI=1S/C8H14N4S2/c1-11-6-7(9)8(10-11)12-2-4-13-14-5-3-12/h6H,2-5,9H2,1H3. The number of aromatic nitrogens is 2. The molecule has 0 atom stereocenters. The molecule has 2 N–H and O–H groups in total. The Kier molecular flexibility index (Phi) is 3.12. The summed E-state index contributed by atoms with van der Waals surface area (Å²) in [5.74, 6) is 3.22. The third-order valence-electron chi connectivity index (χ3n) is 2.11. The molecular weight excluding hydrogens is 216 g/mol. The Morgan fingerprint density at radius 1 is 1.36 bits per heavy atom. The average Bonchev–Trinajstić information content (AvgIpc) is 2.43. The van der Waals surface area contributed by atoms with Gasteiger partial charge in [0.2, 0.25) is 0 Å². The molecule has 0 radical (unpaired) electrons. The van der Waals surface area contributed by atoms with Crippen LogP contribution in [0.15, 0.2) is 6.20 Å². The predicted molar refractivity (Wildman–Crippen MR) is 64.7 cm³/mol. The summed E-state index contributed by atoms with van der Waals surface area (Å²) in [6, 6.07) is 0. The summed E-state index contributed by atoms with van der Waals surface area (Å²) < 4.78 is 1.77. The van der Waals surface area contributed by atoms with E-state index in [4.69, 9.17) is 5.73 Å². The second kappa shape index (κ2) is 4.35. The van der Waals surface area contributed by atoms with Gasteiger partial charge in [0.05, 0.1) is 5.69 Å². The number of aryl methyl sites for hydroxylation is 1. The first-order chi connectivity index (χ1) is 6.77. The number of anilines is 2. The molecule has 4 nitrogen and oxygen atoms in total. The first-order valence-corrected chi connectivity index (χ1v) is 7.04. The Morgan fingerprint density at radius 3 is 2.50 bits per heavy atom. The molecule has 0 bridgehead atoms. The van der Waals surface area contributed by atoms with Crippen LogP contribution < -0.4 is 10.6 Å². The van der Waals surface area contributed by atoms with E-state index in [9.17, 15) is 0 Å². The number of nitrogens with two attached hydrogens (primary N) is 1. The molecule has 1 aromatic heterocycles. The van der Waals surface area contributed by atoms with Gasteiger partial charge in [-0.05, 0) is 0 Å². The van der Waals surface area contributed by atoms with Gasteiger partial charge >= 0.3 is 0 Å². The number of nitrogen functional groups attached to an aromatic ring is 1. The summed E-state index contributed by atoms with van der Waals surface area (Å²) in [6.07, 6.45) is 1.86. The van der Waals surface area contributed by atoms with E-state index < -0.39 is 0 Å². The lowest BCUT2D eigenvalue weighted by Crippen LogP contribution is -2.27. The molecule has 0 amide bonds. The summed E-state index contributed by atoms with van der Waals surface area (Å²) in [4.78, 5) is 2.27. The molecule has 1 aliphatic rings. The van der Waals surface area contributed by atoms with Crippen molar-refractivity contribution in [3.63, 3.8) is 0 Å². The minimum atomic E-state index is 0.782. The molecule has 1 saturated heterocycles. The normalized spacial score (nSPS) is 18.2. The fourth-order valence-corrected chi connectivity index (χ4v) is 3.46. The Balaban J connectivity index is 2.15. The molecule has 0 spiro atoms. The summed E-state index contributed by atoms with van der Waals surface area (Å²) >= 11 is 0. The van der Waals surface area contributed by atoms with E-state index in [1.807, 2.05) is 34.8 Å². The van der Waals surface area contributed by atoms with E-state index in [0.29, 0.717) is 0 Å². The molecule has 0 saturated carbocycles. The van der Waals surface area contributed by atoms with Crippen LogP contribution in [-0.4, -0.2) is 34.4 Å². The van der Waals surface area contributed by atoms with Crippen LogP contribution in [0.5, 0.6) is 0 Å². The maximum atomic E-state index is 5.88. The Morgan fingerprint density at radius 2 is 2.00 bits per heavy atom.